The van der Waals surface area contributed by atoms with Crippen molar-refractivity contribution in [3.05, 3.63) is 88.5 Å². The van der Waals surface area contributed by atoms with E-state index in [0.29, 0.717) is 5.92 Å². The van der Waals surface area contributed by atoms with E-state index in [1.165, 1.54) is 49.7 Å². The van der Waals surface area contributed by atoms with Gasteiger partial charge in [0.2, 0.25) is 0 Å². The van der Waals surface area contributed by atoms with Crippen LogP contribution in [0.2, 0.25) is 13.1 Å². The van der Waals surface area contributed by atoms with Crippen molar-refractivity contribution in [3.8, 4) is 11.1 Å². The Morgan fingerprint density at radius 3 is 1.97 bits per heavy atom. The maximum absolute atomic E-state index is 3.36. The van der Waals surface area contributed by atoms with E-state index >= 15 is 0 Å². The smallest absolute Gasteiger partial charge is 0.0398 e. The number of rotatable bonds is 1. The summed E-state index contributed by atoms with van der Waals surface area (Å²) in [4.78, 5) is 0. The van der Waals surface area contributed by atoms with Gasteiger partial charge in [0.15, 0.2) is 0 Å². The van der Waals surface area contributed by atoms with Gasteiger partial charge < -0.3 is 0 Å². The summed E-state index contributed by atoms with van der Waals surface area (Å²) in [6, 6.07) is 19.7. The zero-order valence-corrected chi connectivity index (χ0v) is 23.2. The van der Waals surface area contributed by atoms with Gasteiger partial charge in [0.25, 0.3) is 0 Å². The van der Waals surface area contributed by atoms with Crippen LogP contribution in [-0.4, -0.2) is 5.43 Å². The predicted molar refractivity (Wildman–Crippen MR) is 132 cm³/mol. The van der Waals surface area contributed by atoms with Crippen molar-refractivity contribution in [2.45, 2.75) is 54.6 Å². The van der Waals surface area contributed by atoms with E-state index in [1.54, 1.807) is 23.3 Å². The van der Waals surface area contributed by atoms with E-state index in [2.05, 4.69) is 115 Å². The minimum absolute atomic E-state index is 0.210. The average Bonchev–Trinajstić information content (AvgIpc) is 3.18. The van der Waals surface area contributed by atoms with Crippen molar-refractivity contribution >= 4 is 16.2 Å². The zero-order chi connectivity index (χ0) is 22.4. The molecule has 1 aliphatic rings. The molecular weight excluding hydrogens is 456 g/mol. The molecule has 30 heavy (non-hydrogen) atoms. The Bertz CT molecular complexity index is 1070. The zero-order valence-electron chi connectivity index (χ0n) is 19.8. The van der Waals surface area contributed by atoms with Gasteiger partial charge in [-0.3, -0.25) is 6.08 Å². The third-order valence-electron chi connectivity index (χ3n) is 5.45. The summed E-state index contributed by atoms with van der Waals surface area (Å²) in [7, 11) is 0. The Balaban J connectivity index is 0.000000207. The fourth-order valence-corrected chi connectivity index (χ4v) is 3.69. The SMILES string of the molecule is CC1=[C-]C(C)C(C)=C1C.C[Si](C)=[Zr+2].Cc1cc(C)cc(-c2c[cH-]c3ccccc23)c1. The van der Waals surface area contributed by atoms with Crippen molar-refractivity contribution in [2.24, 2.45) is 5.92 Å². The molecule has 0 amide bonds. The van der Waals surface area contributed by atoms with Crippen LogP contribution in [0, 0.1) is 25.8 Å². The van der Waals surface area contributed by atoms with Gasteiger partial charge in [-0.1, -0.05) is 67.6 Å². The molecule has 4 rings (SSSR count). The molecule has 3 aromatic rings. The van der Waals surface area contributed by atoms with Crippen LogP contribution >= 0.6 is 0 Å². The number of benzene rings is 2. The number of aryl methyl sites for hydroxylation is 2. The molecule has 1 aliphatic carbocycles. The first-order valence-corrected chi connectivity index (χ1v) is 16.8. The van der Waals surface area contributed by atoms with Gasteiger partial charge in [-0.25, -0.2) is 5.57 Å². The molecule has 154 valence electrons. The van der Waals surface area contributed by atoms with Crippen molar-refractivity contribution in [2.75, 3.05) is 0 Å². The number of allylic oxidation sites excluding steroid dienone is 4. The molecule has 0 N–H and O–H groups in total. The molecule has 0 heterocycles. The Morgan fingerprint density at radius 2 is 1.50 bits per heavy atom. The van der Waals surface area contributed by atoms with Gasteiger partial charge in [0.1, 0.15) is 0 Å². The molecule has 0 nitrogen and oxygen atoms in total. The van der Waals surface area contributed by atoms with E-state index in [1.807, 2.05) is 0 Å². The van der Waals surface area contributed by atoms with Crippen LogP contribution in [0.5, 0.6) is 0 Å². The molecule has 0 spiro atoms. The molecule has 0 aromatic heterocycles. The quantitative estimate of drug-likeness (QED) is 0.238. The molecule has 0 saturated heterocycles. The number of hydrogen-bond donors (Lipinski definition) is 0. The van der Waals surface area contributed by atoms with Crippen molar-refractivity contribution in [1.82, 2.24) is 0 Å². The summed E-state index contributed by atoms with van der Waals surface area (Å²) >= 11 is 1.74. The molecule has 1 atom stereocenters. The number of fused-ring (bicyclic) bond motifs is 1. The maximum atomic E-state index is 3.36. The summed E-state index contributed by atoms with van der Waals surface area (Å²) < 4.78 is 0. The van der Waals surface area contributed by atoms with Crippen LogP contribution in [0.4, 0.5) is 0 Å². The first-order valence-electron chi connectivity index (χ1n) is 10.6. The Labute approximate surface area is 198 Å². The van der Waals surface area contributed by atoms with Crippen LogP contribution in [0.25, 0.3) is 21.9 Å². The monoisotopic (exact) mass is 488 g/mol. The van der Waals surface area contributed by atoms with E-state index in [-0.39, 0.29) is 5.43 Å². The van der Waals surface area contributed by atoms with Crippen LogP contribution < -0.4 is 0 Å². The first-order chi connectivity index (χ1) is 14.1. The second kappa shape index (κ2) is 11.3. The molecule has 0 saturated carbocycles. The predicted octanol–water partition coefficient (Wildman–Crippen LogP) is 8.35. The van der Waals surface area contributed by atoms with Gasteiger partial charge >= 0.3 is 41.9 Å². The van der Waals surface area contributed by atoms with Gasteiger partial charge in [0, 0.05) is 0 Å². The molecule has 2 heteroatoms. The van der Waals surface area contributed by atoms with Crippen molar-refractivity contribution in [1.29, 1.82) is 0 Å². The van der Waals surface area contributed by atoms with E-state index in [0.717, 1.165) is 0 Å². The van der Waals surface area contributed by atoms with Crippen LogP contribution in [0.3, 0.4) is 0 Å². The second-order valence-corrected chi connectivity index (χ2v) is 17.9. The van der Waals surface area contributed by atoms with Crippen LogP contribution in [0.15, 0.2) is 71.3 Å². The first kappa shape index (κ1) is 24.9. The van der Waals surface area contributed by atoms with E-state index in [9.17, 15) is 0 Å². The molecule has 1 unspecified atom stereocenters. The fourth-order valence-electron chi connectivity index (χ4n) is 3.69. The molecular formula is C28H34SiZr. The Morgan fingerprint density at radius 1 is 0.933 bits per heavy atom. The third kappa shape index (κ3) is 6.82. The van der Waals surface area contributed by atoms with E-state index in [4.69, 9.17) is 0 Å². The summed E-state index contributed by atoms with van der Waals surface area (Å²) in [5, 5.41) is 2.67. The minimum Gasteiger partial charge on any atom is -0.150 e. The van der Waals surface area contributed by atoms with Crippen LogP contribution in [-0.2, 0) is 23.3 Å². The minimum atomic E-state index is 0.210. The summed E-state index contributed by atoms with van der Waals surface area (Å²) in [5.41, 5.74) is 9.77. The van der Waals surface area contributed by atoms with Gasteiger partial charge in [0.05, 0.1) is 0 Å². The standard InChI is InChI=1S/C17H15.C9H13.C2H6Si.Zr/c1-12-9-13(2)11-15(10-12)17-8-7-14-5-3-4-6-16(14)17;1-6-5-7(2)9(4)8(6)3;1-3-2;/h3-11H,1-2H3;6H,1-4H3;1-2H3;/q2*-1;;+2. The number of hydrogen-bond acceptors (Lipinski definition) is 0. The summed E-state index contributed by atoms with van der Waals surface area (Å²) in [6.45, 7) is 17.6. The topological polar surface area (TPSA) is 0 Å². The van der Waals surface area contributed by atoms with Gasteiger partial charge in [-0.2, -0.15) is 11.1 Å². The second-order valence-electron chi connectivity index (χ2n) is 8.51. The van der Waals surface area contributed by atoms with Gasteiger partial charge in [-0.05, 0) is 13.8 Å². The van der Waals surface area contributed by atoms with Gasteiger partial charge in [-0.15, -0.1) is 53.6 Å². The van der Waals surface area contributed by atoms with Crippen molar-refractivity contribution in [3.63, 3.8) is 0 Å². The van der Waals surface area contributed by atoms with Crippen LogP contribution in [0.1, 0.15) is 38.8 Å². The fraction of sp³-hybridized carbons (Fsp3) is 0.321. The Kier molecular flexibility index (Phi) is 9.38. The maximum Gasteiger partial charge on any atom is -0.0398 e. The summed E-state index contributed by atoms with van der Waals surface area (Å²) in [6.07, 6.45) is 3.36. The molecule has 0 radical (unpaired) electrons. The molecule has 0 aliphatic heterocycles. The summed E-state index contributed by atoms with van der Waals surface area (Å²) in [5.74, 6) is 0.560. The largest absolute Gasteiger partial charge is 0.150 e. The van der Waals surface area contributed by atoms with Crippen molar-refractivity contribution < 1.29 is 23.3 Å². The molecule has 0 fully saturated rings. The third-order valence-corrected chi connectivity index (χ3v) is 5.45. The van der Waals surface area contributed by atoms with E-state index < -0.39 is 0 Å². The Hall–Kier alpha value is -1.37. The molecule has 0 bridgehead atoms. The average molecular weight is 490 g/mol. The molecule has 3 aromatic carbocycles. The normalized spacial score (nSPS) is 15.3.